The van der Waals surface area contributed by atoms with Gasteiger partial charge in [0.05, 0.1) is 0 Å². The average molecular weight is 996 g/mol. The average Bonchev–Trinajstić information content (AvgIpc) is 3.20. The van der Waals surface area contributed by atoms with Crippen LogP contribution >= 0.6 is 0 Å². The third-order valence-electron chi connectivity index (χ3n) is 8.30. The predicted octanol–water partition coefficient (Wildman–Crippen LogP) is 8.97. The summed E-state index contributed by atoms with van der Waals surface area (Å²) in [5.41, 5.74) is 5.48. The van der Waals surface area contributed by atoms with Crippen molar-refractivity contribution in [1.29, 1.82) is 0 Å². The van der Waals surface area contributed by atoms with Crippen LogP contribution in [0.1, 0.15) is 148 Å². The molecule has 0 spiro atoms. The van der Waals surface area contributed by atoms with E-state index in [1.54, 1.807) is 0 Å². The summed E-state index contributed by atoms with van der Waals surface area (Å²) in [6.07, 6.45) is 7.95. The molecule has 66 heavy (non-hydrogen) atoms. The van der Waals surface area contributed by atoms with Gasteiger partial charge in [0.25, 0.3) is 0 Å². The minimum Gasteiger partial charge on any atom is -0.475 e. The molecule has 0 aromatic rings. The van der Waals surface area contributed by atoms with E-state index >= 15 is 0 Å². The van der Waals surface area contributed by atoms with E-state index < -0.39 is 48.6 Å². The molecule has 396 valence electrons. The van der Waals surface area contributed by atoms with Crippen LogP contribution in [0.15, 0.2) is 0 Å². The molecule has 0 saturated heterocycles. The maximum atomic E-state index is 12.0. The maximum absolute atomic E-state index is 12.0. The molecule has 0 atom stereocenters. The Kier molecular flexibility index (Phi) is 50.2. The van der Waals surface area contributed by atoms with E-state index in [-0.39, 0.29) is 5.91 Å². The molecule has 0 aliphatic carbocycles. The van der Waals surface area contributed by atoms with Crippen LogP contribution < -0.4 is 27.0 Å². The van der Waals surface area contributed by atoms with Crippen LogP contribution in [0.5, 0.6) is 0 Å². The summed E-state index contributed by atoms with van der Waals surface area (Å²) in [5.74, 6) is -10.8. The molecule has 0 unspecified atom stereocenters. The summed E-state index contributed by atoms with van der Waals surface area (Å²) in [6.45, 7) is 10.2. The van der Waals surface area contributed by atoms with Crippen LogP contribution in [0.2, 0.25) is 0 Å². The number of carboxylic acids is 4. The van der Waals surface area contributed by atoms with Crippen LogP contribution in [0, 0.1) is 0 Å². The lowest BCUT2D eigenvalue weighted by Crippen LogP contribution is -2.28. The molecule has 10 N–H and O–H groups in total. The van der Waals surface area contributed by atoms with Gasteiger partial charge in [-0.15, -0.1) is 0 Å². The molecule has 0 bridgehead atoms. The van der Waals surface area contributed by atoms with Gasteiger partial charge in [0.2, 0.25) is 5.91 Å². The van der Waals surface area contributed by atoms with E-state index in [2.05, 4.69) is 28.2 Å². The number of halogens is 12. The lowest BCUT2D eigenvalue weighted by molar-refractivity contribution is -0.193. The number of carbonyl (C=O) groups excluding carboxylic acids is 1. The van der Waals surface area contributed by atoms with Gasteiger partial charge in [-0.25, -0.2) is 19.2 Å². The molecule has 1 amide bonds. The molecule has 0 radical (unpaired) electrons. The quantitative estimate of drug-likeness (QED) is 0.0221. The molecule has 0 aromatic heterocycles. The molecule has 0 rings (SSSR count). The number of aliphatic carboxylic acids is 4. The summed E-state index contributed by atoms with van der Waals surface area (Å²) in [5, 5.41) is 42.0. The third kappa shape index (κ3) is 66.9. The van der Waals surface area contributed by atoms with Crippen molar-refractivity contribution in [1.82, 2.24) is 21.3 Å². The first-order valence-electron chi connectivity index (χ1n) is 21.9. The predicted molar refractivity (Wildman–Crippen MR) is 223 cm³/mol. The van der Waals surface area contributed by atoms with Crippen LogP contribution in [0.4, 0.5) is 52.7 Å². The largest absolute Gasteiger partial charge is 0.490 e. The third-order valence-corrected chi connectivity index (χ3v) is 8.30. The Morgan fingerprint density at radius 3 is 0.848 bits per heavy atom. The Labute approximate surface area is 379 Å². The number of carboxylic acid groups (broad SMARTS) is 4. The van der Waals surface area contributed by atoms with Gasteiger partial charge in [-0.1, -0.05) is 103 Å². The van der Waals surface area contributed by atoms with Gasteiger partial charge in [-0.3, -0.25) is 4.79 Å². The van der Waals surface area contributed by atoms with Crippen molar-refractivity contribution in [2.75, 3.05) is 52.4 Å². The zero-order valence-corrected chi connectivity index (χ0v) is 37.7. The minimum absolute atomic E-state index is 0.231. The fourth-order valence-electron chi connectivity index (χ4n) is 4.80. The Balaban J connectivity index is -0.000000351. The number of alkyl halides is 12. The SMILES string of the molecule is CCCCCCCCCCCCCCCCCCC(=O)NCCCNCCCNCCCCNCCCN.O=C(O)C(F)(F)F.O=C(O)C(F)(F)F.O=C(O)C(F)(F)F.O=C(O)C(F)(F)F. The van der Waals surface area contributed by atoms with Gasteiger partial charge < -0.3 is 47.4 Å². The van der Waals surface area contributed by atoms with Crippen LogP contribution in [0.3, 0.4) is 0 Å². The highest BCUT2D eigenvalue weighted by atomic mass is 19.4. The molecular weight excluding hydrogens is 922 g/mol. The molecule has 0 fully saturated rings. The molecule has 0 saturated carbocycles. The lowest BCUT2D eigenvalue weighted by atomic mass is 10.0. The first kappa shape index (κ1) is 71.4. The Morgan fingerprint density at radius 2 is 0.591 bits per heavy atom. The molecule has 14 nitrogen and oxygen atoms in total. The number of nitrogens with one attached hydrogen (secondary N) is 4. The van der Waals surface area contributed by atoms with Crippen molar-refractivity contribution < 1.29 is 97.1 Å². The van der Waals surface area contributed by atoms with Gasteiger partial charge in [-0.05, 0) is 84.3 Å². The van der Waals surface area contributed by atoms with Gasteiger partial charge in [0, 0.05) is 13.0 Å². The van der Waals surface area contributed by atoms with Crippen LogP contribution in [-0.4, -0.2) is 127 Å². The zero-order chi connectivity index (χ0) is 51.9. The maximum Gasteiger partial charge on any atom is 0.490 e. The monoisotopic (exact) mass is 996 g/mol. The number of nitrogens with two attached hydrogens (primary N) is 1. The van der Waals surface area contributed by atoms with E-state index in [0.29, 0.717) is 6.42 Å². The number of carbonyl (C=O) groups is 5. The second kappa shape index (κ2) is 46.5. The van der Waals surface area contributed by atoms with E-state index in [1.165, 1.54) is 109 Å². The fourth-order valence-corrected chi connectivity index (χ4v) is 4.80. The van der Waals surface area contributed by atoms with Crippen molar-refractivity contribution in [3.63, 3.8) is 0 Å². The van der Waals surface area contributed by atoms with Gasteiger partial charge >= 0.3 is 48.6 Å². The second-order valence-corrected chi connectivity index (χ2v) is 14.4. The highest BCUT2D eigenvalue weighted by Gasteiger charge is 2.40. The van der Waals surface area contributed by atoms with E-state index in [9.17, 15) is 57.5 Å². The smallest absolute Gasteiger partial charge is 0.475 e. The van der Waals surface area contributed by atoms with Crippen molar-refractivity contribution in [3.05, 3.63) is 0 Å². The molecule has 0 aliphatic rings. The number of unbranched alkanes of at least 4 members (excludes halogenated alkanes) is 16. The first-order chi connectivity index (χ1) is 30.6. The number of hydrogen-bond donors (Lipinski definition) is 9. The van der Waals surface area contributed by atoms with E-state index in [1.807, 2.05) is 0 Å². The summed E-state index contributed by atoms with van der Waals surface area (Å²) >= 11 is 0. The van der Waals surface area contributed by atoms with Crippen molar-refractivity contribution in [3.8, 4) is 0 Å². The van der Waals surface area contributed by atoms with Gasteiger partial charge in [0.1, 0.15) is 0 Å². The number of hydrogen-bond acceptors (Lipinski definition) is 9. The summed E-state index contributed by atoms with van der Waals surface area (Å²) in [7, 11) is 0. The van der Waals surface area contributed by atoms with Gasteiger partial charge in [0.15, 0.2) is 0 Å². The zero-order valence-electron chi connectivity index (χ0n) is 37.7. The Morgan fingerprint density at radius 1 is 0.364 bits per heavy atom. The molecule has 26 heteroatoms. The normalized spacial score (nSPS) is 11.3. The fraction of sp³-hybridized carbons (Fsp3) is 0.875. The minimum atomic E-state index is -5.08. The number of amides is 1. The standard InChI is InChI=1S/C32H69N5O.4C2HF3O2/c1-2-3-4-5-6-7-8-9-10-11-12-13-14-15-16-17-23-32(38)37-31-22-30-36-29-21-28-35-26-19-18-25-34-27-20-24-33;4*3-2(4,5)1(6)7/h34-36H,2-31,33H2,1H3,(H,37,38);4*(H,6,7). The number of rotatable bonds is 33. The van der Waals surface area contributed by atoms with Crippen molar-refractivity contribution in [2.24, 2.45) is 5.73 Å². The topological polar surface area (TPSA) is 240 Å². The van der Waals surface area contributed by atoms with Crippen molar-refractivity contribution in [2.45, 2.75) is 173 Å². The summed E-state index contributed by atoms with van der Waals surface area (Å²) in [4.78, 5) is 47.6. The Hall–Kier alpha value is -3.65. The van der Waals surface area contributed by atoms with Crippen molar-refractivity contribution >= 4 is 29.8 Å². The highest BCUT2D eigenvalue weighted by Crippen LogP contribution is 2.16. The first-order valence-corrected chi connectivity index (χ1v) is 21.9. The molecular formula is C40H73F12N5O9. The molecule has 0 heterocycles. The van der Waals surface area contributed by atoms with E-state index in [4.69, 9.17) is 45.3 Å². The molecule has 0 aliphatic heterocycles. The highest BCUT2D eigenvalue weighted by molar-refractivity contribution is 5.75. The van der Waals surface area contributed by atoms with Gasteiger partial charge in [-0.2, -0.15) is 52.7 Å². The lowest BCUT2D eigenvalue weighted by Gasteiger charge is -2.08. The second-order valence-electron chi connectivity index (χ2n) is 14.4. The summed E-state index contributed by atoms with van der Waals surface area (Å²) in [6, 6.07) is 0. The summed E-state index contributed by atoms with van der Waals surface area (Å²) < 4.78 is 127. The van der Waals surface area contributed by atoms with Crippen LogP contribution in [0.25, 0.3) is 0 Å². The van der Waals surface area contributed by atoms with E-state index in [0.717, 1.165) is 78.0 Å². The molecule has 0 aromatic carbocycles. The van der Waals surface area contributed by atoms with Crippen LogP contribution in [-0.2, 0) is 24.0 Å². The Bertz CT molecular complexity index is 1050.